The number of halogens is 7. The number of alkyl halides is 6. The van der Waals surface area contributed by atoms with Gasteiger partial charge < -0.3 is 5.32 Å². The van der Waals surface area contributed by atoms with Crippen LogP contribution in [0.25, 0.3) is 11.3 Å². The van der Waals surface area contributed by atoms with Crippen LogP contribution in [0.1, 0.15) is 37.2 Å². The molecule has 11 heteroatoms. The predicted octanol–water partition coefficient (Wildman–Crippen LogP) is 5.56. The molecule has 4 nitrogen and oxygen atoms in total. The van der Waals surface area contributed by atoms with Gasteiger partial charge in [0.15, 0.2) is 11.7 Å². The molecule has 1 aromatic heterocycles. The summed E-state index contributed by atoms with van der Waals surface area (Å²) in [7, 11) is 1.53. The molecule has 164 valence electrons. The van der Waals surface area contributed by atoms with E-state index >= 15 is 0 Å². The molecule has 0 unspecified atom stereocenters. The van der Waals surface area contributed by atoms with Crippen LogP contribution in [0.5, 0.6) is 0 Å². The van der Waals surface area contributed by atoms with Gasteiger partial charge in [0.1, 0.15) is 5.82 Å². The molecule has 0 atom stereocenters. The monoisotopic (exact) mass is 437 g/mol. The van der Waals surface area contributed by atoms with Crippen LogP contribution in [0.2, 0.25) is 0 Å². The highest BCUT2D eigenvalue weighted by atomic mass is 19.4. The quantitative estimate of drug-likeness (QED) is 0.623. The highest BCUT2D eigenvalue weighted by molar-refractivity contribution is 5.92. The Bertz CT molecular complexity index is 898. The lowest BCUT2D eigenvalue weighted by Crippen LogP contribution is -2.39. The number of hydrogen-bond donors (Lipinski definition) is 1. The summed E-state index contributed by atoms with van der Waals surface area (Å²) in [6.07, 6.45) is -10.6. The molecule has 1 aromatic carbocycles. The Labute approximate surface area is 167 Å². The first-order valence-corrected chi connectivity index (χ1v) is 9.14. The van der Waals surface area contributed by atoms with Gasteiger partial charge >= 0.3 is 12.4 Å². The Morgan fingerprint density at radius 2 is 1.70 bits per heavy atom. The molecule has 0 saturated heterocycles. The number of aryl methyl sites for hydroxylation is 1. The summed E-state index contributed by atoms with van der Waals surface area (Å²) >= 11 is 0. The fourth-order valence-electron chi connectivity index (χ4n) is 3.45. The molecule has 1 N–H and O–H groups in total. The Hall–Kier alpha value is -2.59. The Morgan fingerprint density at radius 1 is 1.13 bits per heavy atom. The highest BCUT2D eigenvalue weighted by Crippen LogP contribution is 2.45. The van der Waals surface area contributed by atoms with Crippen molar-refractivity contribution in [3.63, 3.8) is 0 Å². The van der Waals surface area contributed by atoms with E-state index in [1.54, 1.807) is 0 Å². The first kappa shape index (κ1) is 22.1. The van der Waals surface area contributed by atoms with Crippen LogP contribution in [-0.2, 0) is 11.8 Å². The van der Waals surface area contributed by atoms with Crippen molar-refractivity contribution < 1.29 is 35.5 Å². The van der Waals surface area contributed by atoms with Crippen LogP contribution >= 0.6 is 0 Å². The van der Waals surface area contributed by atoms with E-state index in [1.165, 1.54) is 36.0 Å². The Morgan fingerprint density at radius 3 is 2.17 bits per heavy atom. The van der Waals surface area contributed by atoms with Gasteiger partial charge in [-0.3, -0.25) is 9.48 Å². The first-order valence-electron chi connectivity index (χ1n) is 9.14. The molecular weight excluding hydrogens is 419 g/mol. The summed E-state index contributed by atoms with van der Waals surface area (Å²) in [5, 5.41) is 6.24. The van der Waals surface area contributed by atoms with Crippen LogP contribution in [0, 0.1) is 11.7 Å². The van der Waals surface area contributed by atoms with Crippen molar-refractivity contribution in [1.29, 1.82) is 0 Å². The predicted molar refractivity (Wildman–Crippen MR) is 94.0 cm³/mol. The van der Waals surface area contributed by atoms with Gasteiger partial charge in [0, 0.05) is 24.6 Å². The third-order valence-corrected chi connectivity index (χ3v) is 5.15. The lowest BCUT2D eigenvalue weighted by atomic mass is 9.79. The maximum Gasteiger partial charge on any atom is 0.400 e. The number of nitrogens with zero attached hydrogens (tertiary/aromatic N) is 2. The third-order valence-electron chi connectivity index (χ3n) is 5.15. The van der Waals surface area contributed by atoms with Gasteiger partial charge in [0.05, 0.1) is 5.69 Å². The molecule has 0 radical (unpaired) electrons. The summed E-state index contributed by atoms with van der Waals surface area (Å²) < 4.78 is 91.2. The summed E-state index contributed by atoms with van der Waals surface area (Å²) in [5.41, 5.74) is 1.62. The zero-order valence-corrected chi connectivity index (χ0v) is 15.7. The van der Waals surface area contributed by atoms with E-state index in [9.17, 15) is 35.5 Å². The Kier molecular flexibility index (Phi) is 5.83. The van der Waals surface area contributed by atoms with Gasteiger partial charge in [-0.05, 0) is 43.0 Å². The minimum absolute atomic E-state index is 0.0601. The third kappa shape index (κ3) is 4.59. The number of anilines is 1. The van der Waals surface area contributed by atoms with E-state index < -0.39 is 36.4 Å². The largest absolute Gasteiger partial charge is 0.400 e. The molecule has 2 aromatic rings. The molecule has 1 saturated carbocycles. The number of benzene rings is 1. The van der Waals surface area contributed by atoms with E-state index in [2.05, 4.69) is 10.4 Å². The maximum absolute atomic E-state index is 13.3. The highest BCUT2D eigenvalue weighted by Gasteiger charge is 2.57. The second-order valence-corrected chi connectivity index (χ2v) is 7.26. The van der Waals surface area contributed by atoms with Crippen molar-refractivity contribution in [2.24, 2.45) is 13.0 Å². The number of carbonyl (C=O) groups is 1. The van der Waals surface area contributed by atoms with E-state index in [0.29, 0.717) is 16.8 Å². The van der Waals surface area contributed by atoms with Crippen LogP contribution in [-0.4, -0.2) is 28.0 Å². The standard InChI is InChI=1S/C19H18F7N3O/c1-29-16(11-5-7-12(20)8-6-11)15(10-3-2-4-10)17(28-29)27-14(30)9-13(18(21,22)23)19(24,25)26/h5-8,10,13H,2-4,9H2,1H3,(H,27,28,30). The molecular formula is C19H18F7N3O. The van der Waals surface area contributed by atoms with Gasteiger partial charge in [0.25, 0.3) is 0 Å². The molecule has 1 heterocycles. The van der Waals surface area contributed by atoms with Crippen molar-refractivity contribution in [1.82, 2.24) is 9.78 Å². The summed E-state index contributed by atoms with van der Waals surface area (Å²) in [6, 6.07) is 5.43. The summed E-state index contributed by atoms with van der Waals surface area (Å²) in [5.74, 6) is -5.80. The molecule has 0 bridgehead atoms. The zero-order chi connectivity index (χ0) is 22.3. The van der Waals surface area contributed by atoms with E-state index in [0.717, 1.165) is 19.3 Å². The van der Waals surface area contributed by atoms with Crippen molar-refractivity contribution in [3.05, 3.63) is 35.6 Å². The number of hydrogen-bond acceptors (Lipinski definition) is 2. The van der Waals surface area contributed by atoms with Crippen LogP contribution in [0.15, 0.2) is 24.3 Å². The summed E-state index contributed by atoms with van der Waals surface area (Å²) in [6.45, 7) is 0. The average molecular weight is 437 g/mol. The van der Waals surface area contributed by atoms with Crippen LogP contribution in [0.3, 0.4) is 0 Å². The number of rotatable bonds is 5. The normalized spacial score (nSPS) is 15.4. The summed E-state index contributed by atoms with van der Waals surface area (Å²) in [4.78, 5) is 12.1. The van der Waals surface area contributed by atoms with Gasteiger partial charge in [-0.15, -0.1) is 0 Å². The van der Waals surface area contributed by atoms with Crippen molar-refractivity contribution in [3.8, 4) is 11.3 Å². The van der Waals surface area contributed by atoms with Gasteiger partial charge in [-0.1, -0.05) is 6.42 Å². The van der Waals surface area contributed by atoms with Crippen molar-refractivity contribution >= 4 is 11.7 Å². The second-order valence-electron chi connectivity index (χ2n) is 7.26. The molecule has 30 heavy (non-hydrogen) atoms. The van der Waals surface area contributed by atoms with Gasteiger partial charge in [0.2, 0.25) is 5.91 Å². The SMILES string of the molecule is Cn1nc(NC(=O)CC(C(F)(F)F)C(F)(F)F)c(C2CCC2)c1-c1ccc(F)cc1. The van der Waals surface area contributed by atoms with Gasteiger partial charge in [-0.25, -0.2) is 4.39 Å². The van der Waals surface area contributed by atoms with Crippen molar-refractivity contribution in [2.75, 3.05) is 5.32 Å². The first-order chi connectivity index (χ1) is 13.9. The average Bonchev–Trinajstić information content (AvgIpc) is 2.86. The van der Waals surface area contributed by atoms with Gasteiger partial charge in [-0.2, -0.15) is 31.4 Å². The Balaban J connectivity index is 1.92. The van der Waals surface area contributed by atoms with E-state index in [1.807, 2.05) is 0 Å². The zero-order valence-electron chi connectivity index (χ0n) is 15.7. The second kappa shape index (κ2) is 7.92. The van der Waals surface area contributed by atoms with Crippen LogP contribution in [0.4, 0.5) is 36.6 Å². The molecule has 1 amide bonds. The van der Waals surface area contributed by atoms with E-state index in [-0.39, 0.29) is 11.7 Å². The molecule has 1 fully saturated rings. The fourth-order valence-corrected chi connectivity index (χ4v) is 3.45. The number of amides is 1. The number of aromatic nitrogens is 2. The lowest BCUT2D eigenvalue weighted by molar-refractivity contribution is -0.283. The number of carbonyl (C=O) groups excluding carboxylic acids is 1. The molecule has 1 aliphatic rings. The van der Waals surface area contributed by atoms with Crippen LogP contribution < -0.4 is 5.32 Å². The maximum atomic E-state index is 13.3. The molecule has 0 aliphatic heterocycles. The molecule has 1 aliphatic carbocycles. The smallest absolute Gasteiger partial charge is 0.309 e. The minimum Gasteiger partial charge on any atom is -0.309 e. The number of nitrogens with one attached hydrogen (secondary N) is 1. The van der Waals surface area contributed by atoms with E-state index in [4.69, 9.17) is 0 Å². The fraction of sp³-hybridized carbons (Fsp3) is 0.474. The topological polar surface area (TPSA) is 46.9 Å². The van der Waals surface area contributed by atoms with Crippen molar-refractivity contribution in [2.45, 2.75) is 44.0 Å². The molecule has 0 spiro atoms. The molecule has 3 rings (SSSR count). The lowest BCUT2D eigenvalue weighted by Gasteiger charge is -2.27. The minimum atomic E-state index is -5.60.